The number of nitrogens with two attached hydrogens (primary N) is 1. The maximum absolute atomic E-state index is 12.1. The number of rotatable bonds is 6. The van der Waals surface area contributed by atoms with Crippen molar-refractivity contribution in [3.05, 3.63) is 23.8 Å². The third-order valence-electron chi connectivity index (χ3n) is 4.32. The van der Waals surface area contributed by atoms with Gasteiger partial charge in [-0.2, -0.15) is 0 Å². The number of anilines is 2. The minimum atomic E-state index is -3.30. The Morgan fingerprint density at radius 1 is 1.35 bits per heavy atom. The molecule has 1 aromatic rings. The van der Waals surface area contributed by atoms with E-state index in [9.17, 15) is 13.2 Å². The first kappa shape index (κ1) is 17.7. The van der Waals surface area contributed by atoms with Crippen LogP contribution in [0.1, 0.15) is 38.2 Å². The minimum Gasteiger partial charge on any atom is -0.327 e. The highest BCUT2D eigenvalue weighted by Gasteiger charge is 2.26. The van der Waals surface area contributed by atoms with Crippen molar-refractivity contribution in [2.75, 3.05) is 15.8 Å². The van der Waals surface area contributed by atoms with Gasteiger partial charge in [-0.25, -0.2) is 8.42 Å². The summed E-state index contributed by atoms with van der Waals surface area (Å²) in [6.45, 7) is 3.38. The lowest BCUT2D eigenvalue weighted by Gasteiger charge is -2.15. The van der Waals surface area contributed by atoms with E-state index in [4.69, 9.17) is 5.73 Å². The molecule has 128 valence electrons. The van der Waals surface area contributed by atoms with Crippen LogP contribution in [0.3, 0.4) is 0 Å². The van der Waals surface area contributed by atoms with Crippen molar-refractivity contribution in [1.29, 1.82) is 0 Å². The van der Waals surface area contributed by atoms with Crippen LogP contribution in [-0.2, 0) is 14.8 Å². The van der Waals surface area contributed by atoms with Crippen LogP contribution in [0, 0.1) is 12.8 Å². The summed E-state index contributed by atoms with van der Waals surface area (Å²) < 4.78 is 25.8. The first-order valence-corrected chi connectivity index (χ1v) is 9.62. The van der Waals surface area contributed by atoms with Crippen molar-refractivity contribution in [3.63, 3.8) is 0 Å². The van der Waals surface area contributed by atoms with Crippen LogP contribution in [0.2, 0.25) is 0 Å². The highest BCUT2D eigenvalue weighted by molar-refractivity contribution is 7.92. The fourth-order valence-corrected chi connectivity index (χ4v) is 3.57. The van der Waals surface area contributed by atoms with Crippen LogP contribution in [0.15, 0.2) is 18.2 Å². The molecule has 7 heteroatoms. The lowest BCUT2D eigenvalue weighted by molar-refractivity contribution is -0.117. The Labute approximate surface area is 137 Å². The van der Waals surface area contributed by atoms with Gasteiger partial charge in [0, 0.05) is 18.2 Å². The number of carbonyl (C=O) groups is 1. The van der Waals surface area contributed by atoms with Crippen LogP contribution in [-0.4, -0.2) is 26.1 Å². The van der Waals surface area contributed by atoms with Gasteiger partial charge in [0.15, 0.2) is 0 Å². The SMILES string of the molecule is CCS(=O)(=O)Nc1ccc(NC(=O)C[C@@H]2CCC[C@H]2N)cc1C. The first-order chi connectivity index (χ1) is 10.8. The molecule has 2 atom stereocenters. The molecule has 0 bridgehead atoms. The predicted octanol–water partition coefficient (Wildman–Crippen LogP) is 2.21. The van der Waals surface area contributed by atoms with Crippen molar-refractivity contribution >= 4 is 27.3 Å². The van der Waals surface area contributed by atoms with Crippen LogP contribution in [0.25, 0.3) is 0 Å². The molecule has 1 amide bonds. The molecule has 0 unspecified atom stereocenters. The summed E-state index contributed by atoms with van der Waals surface area (Å²) in [5.74, 6) is 0.229. The Morgan fingerprint density at radius 2 is 2.09 bits per heavy atom. The second kappa shape index (κ2) is 7.31. The molecule has 1 fully saturated rings. The molecular weight excluding hydrogens is 314 g/mol. The number of benzene rings is 1. The summed E-state index contributed by atoms with van der Waals surface area (Å²) in [4.78, 5) is 12.1. The molecule has 4 N–H and O–H groups in total. The molecule has 1 aromatic carbocycles. The van der Waals surface area contributed by atoms with Crippen molar-refractivity contribution in [2.45, 2.75) is 45.6 Å². The summed E-state index contributed by atoms with van der Waals surface area (Å²) in [6, 6.07) is 5.25. The second-order valence-electron chi connectivity index (χ2n) is 6.14. The van der Waals surface area contributed by atoms with Gasteiger partial charge in [-0.3, -0.25) is 9.52 Å². The summed E-state index contributed by atoms with van der Waals surface area (Å²) in [5, 5.41) is 2.86. The normalized spacial score (nSPS) is 21.2. The van der Waals surface area contributed by atoms with Gasteiger partial charge in [-0.15, -0.1) is 0 Å². The smallest absolute Gasteiger partial charge is 0.232 e. The quantitative estimate of drug-likeness (QED) is 0.739. The first-order valence-electron chi connectivity index (χ1n) is 7.97. The summed E-state index contributed by atoms with van der Waals surface area (Å²) in [7, 11) is -3.30. The number of hydrogen-bond acceptors (Lipinski definition) is 4. The minimum absolute atomic E-state index is 0.0204. The van der Waals surface area contributed by atoms with Crippen molar-refractivity contribution in [1.82, 2.24) is 0 Å². The molecule has 0 radical (unpaired) electrons. The van der Waals surface area contributed by atoms with E-state index in [1.54, 1.807) is 32.0 Å². The number of aryl methyl sites for hydroxylation is 1. The molecule has 6 nitrogen and oxygen atoms in total. The van der Waals surface area contributed by atoms with Gasteiger partial charge in [0.2, 0.25) is 15.9 Å². The zero-order valence-corrected chi connectivity index (χ0v) is 14.4. The summed E-state index contributed by atoms with van der Waals surface area (Å²) >= 11 is 0. The predicted molar refractivity (Wildman–Crippen MR) is 92.8 cm³/mol. The zero-order valence-electron chi connectivity index (χ0n) is 13.6. The topological polar surface area (TPSA) is 101 Å². The average molecular weight is 339 g/mol. The fraction of sp³-hybridized carbons (Fsp3) is 0.562. The number of carbonyl (C=O) groups excluding carboxylic acids is 1. The lowest BCUT2D eigenvalue weighted by atomic mass is 10.00. The Bertz CT molecular complexity index is 673. The highest BCUT2D eigenvalue weighted by Crippen LogP contribution is 2.27. The van der Waals surface area contributed by atoms with E-state index in [0.717, 1.165) is 24.8 Å². The van der Waals surface area contributed by atoms with E-state index in [1.165, 1.54) is 0 Å². The molecule has 0 heterocycles. The molecule has 1 saturated carbocycles. The molecule has 0 spiro atoms. The largest absolute Gasteiger partial charge is 0.327 e. The average Bonchev–Trinajstić information content (AvgIpc) is 2.87. The third kappa shape index (κ3) is 4.94. The van der Waals surface area contributed by atoms with Gasteiger partial charge >= 0.3 is 0 Å². The Kier molecular flexibility index (Phi) is 5.64. The van der Waals surface area contributed by atoms with Gasteiger partial charge in [-0.1, -0.05) is 6.42 Å². The Balaban J connectivity index is 1.98. The van der Waals surface area contributed by atoms with Crippen LogP contribution < -0.4 is 15.8 Å². The van der Waals surface area contributed by atoms with E-state index in [1.807, 2.05) is 0 Å². The summed E-state index contributed by atoms with van der Waals surface area (Å²) in [6.07, 6.45) is 3.52. The van der Waals surface area contributed by atoms with Gasteiger partial charge in [0.25, 0.3) is 0 Å². The molecule has 1 aliphatic carbocycles. The highest BCUT2D eigenvalue weighted by atomic mass is 32.2. The van der Waals surface area contributed by atoms with Gasteiger partial charge < -0.3 is 11.1 Å². The summed E-state index contributed by atoms with van der Waals surface area (Å²) in [5.41, 5.74) is 7.95. The Morgan fingerprint density at radius 3 is 2.65 bits per heavy atom. The van der Waals surface area contributed by atoms with Crippen molar-refractivity contribution in [3.8, 4) is 0 Å². The number of hydrogen-bond donors (Lipinski definition) is 3. The molecule has 2 rings (SSSR count). The molecule has 0 aromatic heterocycles. The van der Waals surface area contributed by atoms with E-state index in [-0.39, 0.29) is 23.6 Å². The van der Waals surface area contributed by atoms with Gasteiger partial charge in [-0.05, 0) is 56.4 Å². The maximum atomic E-state index is 12.1. The van der Waals surface area contributed by atoms with Crippen LogP contribution >= 0.6 is 0 Å². The molecule has 0 saturated heterocycles. The third-order valence-corrected chi connectivity index (χ3v) is 5.61. The maximum Gasteiger partial charge on any atom is 0.232 e. The lowest BCUT2D eigenvalue weighted by Crippen LogP contribution is -2.28. The second-order valence-corrected chi connectivity index (χ2v) is 8.15. The number of amides is 1. The van der Waals surface area contributed by atoms with E-state index in [0.29, 0.717) is 17.8 Å². The standard InChI is InChI=1S/C16H25N3O3S/c1-3-23(21,22)19-15-8-7-13(9-11(15)2)18-16(20)10-12-5-4-6-14(12)17/h7-9,12,14,19H,3-6,10,17H2,1-2H3,(H,18,20)/t12-,14+/m0/s1. The zero-order chi connectivity index (χ0) is 17.0. The van der Waals surface area contributed by atoms with Crippen molar-refractivity contribution in [2.24, 2.45) is 11.7 Å². The fourth-order valence-electron chi connectivity index (χ4n) is 2.86. The molecule has 0 aliphatic heterocycles. The van der Waals surface area contributed by atoms with Crippen LogP contribution in [0.5, 0.6) is 0 Å². The van der Waals surface area contributed by atoms with Gasteiger partial charge in [0.05, 0.1) is 11.4 Å². The van der Waals surface area contributed by atoms with Crippen LogP contribution in [0.4, 0.5) is 11.4 Å². The monoisotopic (exact) mass is 339 g/mol. The molecule has 23 heavy (non-hydrogen) atoms. The Hall–Kier alpha value is -1.60. The van der Waals surface area contributed by atoms with E-state index in [2.05, 4.69) is 10.0 Å². The molecule has 1 aliphatic rings. The number of sulfonamides is 1. The van der Waals surface area contributed by atoms with E-state index >= 15 is 0 Å². The van der Waals surface area contributed by atoms with Crippen molar-refractivity contribution < 1.29 is 13.2 Å². The van der Waals surface area contributed by atoms with E-state index < -0.39 is 10.0 Å². The van der Waals surface area contributed by atoms with Gasteiger partial charge in [0.1, 0.15) is 0 Å². The number of nitrogens with one attached hydrogen (secondary N) is 2. The molecular formula is C16H25N3O3S.